The summed E-state index contributed by atoms with van der Waals surface area (Å²) >= 11 is 5.65. The van der Waals surface area contributed by atoms with Crippen LogP contribution in [0.3, 0.4) is 0 Å². The summed E-state index contributed by atoms with van der Waals surface area (Å²) in [6, 6.07) is 0. The Kier molecular flexibility index (Phi) is 3.78. The fraction of sp³-hybridized carbons (Fsp3) is 0.625. The molecule has 0 atom stereocenters. The summed E-state index contributed by atoms with van der Waals surface area (Å²) in [5.74, 6) is -0.314. The van der Waals surface area contributed by atoms with Crippen molar-refractivity contribution in [1.29, 1.82) is 0 Å². The highest BCUT2D eigenvalue weighted by Crippen LogP contribution is 2.33. The molecule has 1 aromatic rings. The summed E-state index contributed by atoms with van der Waals surface area (Å²) in [4.78, 5) is 0. The predicted octanol–water partition coefficient (Wildman–Crippen LogP) is 1.91. The zero-order valence-corrected chi connectivity index (χ0v) is 10.6. The third kappa shape index (κ3) is 3.60. The SMILES string of the molecule is Cc1c(C(F)(F)F)nn(CCS(C)(=O)=O)c1Cl. The summed E-state index contributed by atoms with van der Waals surface area (Å²) < 4.78 is 60.0. The van der Waals surface area contributed by atoms with Crippen LogP contribution >= 0.6 is 11.6 Å². The van der Waals surface area contributed by atoms with Gasteiger partial charge in [-0.2, -0.15) is 18.3 Å². The van der Waals surface area contributed by atoms with E-state index in [0.29, 0.717) is 0 Å². The van der Waals surface area contributed by atoms with Crippen molar-refractivity contribution in [1.82, 2.24) is 9.78 Å². The normalized spacial score (nSPS) is 13.1. The highest BCUT2D eigenvalue weighted by Gasteiger charge is 2.37. The summed E-state index contributed by atoms with van der Waals surface area (Å²) in [5.41, 5.74) is -1.29. The molecule has 0 fully saturated rings. The zero-order chi connectivity index (χ0) is 13.4. The standard InChI is InChI=1S/C8H10ClF3N2O2S/c1-5-6(8(10,11)12)13-14(7(5)9)3-4-17(2,15)16/h3-4H2,1-2H3. The maximum absolute atomic E-state index is 12.5. The first-order valence-electron chi connectivity index (χ1n) is 4.50. The minimum atomic E-state index is -4.59. The molecule has 0 aliphatic rings. The Morgan fingerprint density at radius 2 is 1.94 bits per heavy atom. The second kappa shape index (κ2) is 4.49. The molecule has 1 rings (SSSR count). The van der Waals surface area contributed by atoms with E-state index in [1.165, 1.54) is 6.92 Å². The van der Waals surface area contributed by atoms with Gasteiger partial charge in [0.15, 0.2) is 5.69 Å². The molecule has 0 spiro atoms. The number of alkyl halides is 3. The molecule has 0 aromatic carbocycles. The molecule has 0 unspecified atom stereocenters. The highest BCUT2D eigenvalue weighted by molar-refractivity contribution is 7.90. The molecule has 0 saturated heterocycles. The van der Waals surface area contributed by atoms with Crippen molar-refractivity contribution in [3.8, 4) is 0 Å². The molecule has 0 N–H and O–H groups in total. The first-order chi connectivity index (χ1) is 7.52. The van der Waals surface area contributed by atoms with E-state index in [4.69, 9.17) is 11.6 Å². The number of aryl methyl sites for hydroxylation is 1. The van der Waals surface area contributed by atoms with Crippen molar-refractivity contribution < 1.29 is 21.6 Å². The molecule has 1 aromatic heterocycles. The minimum absolute atomic E-state index is 0.194. The van der Waals surface area contributed by atoms with E-state index in [9.17, 15) is 21.6 Å². The Morgan fingerprint density at radius 1 is 1.41 bits per heavy atom. The van der Waals surface area contributed by atoms with Gasteiger partial charge in [0.05, 0.1) is 12.3 Å². The zero-order valence-electron chi connectivity index (χ0n) is 9.05. The van der Waals surface area contributed by atoms with Gasteiger partial charge in [-0.15, -0.1) is 0 Å². The number of rotatable bonds is 3. The van der Waals surface area contributed by atoms with E-state index >= 15 is 0 Å². The monoisotopic (exact) mass is 290 g/mol. The maximum atomic E-state index is 12.5. The molecule has 0 aliphatic carbocycles. The maximum Gasteiger partial charge on any atom is 0.435 e. The van der Waals surface area contributed by atoms with Gasteiger partial charge in [0.1, 0.15) is 15.0 Å². The molecule has 0 amide bonds. The molecule has 98 valence electrons. The molecule has 1 heterocycles. The fourth-order valence-corrected chi connectivity index (χ4v) is 1.92. The minimum Gasteiger partial charge on any atom is -0.252 e. The molecule has 0 aliphatic heterocycles. The number of hydrogen-bond acceptors (Lipinski definition) is 3. The number of aromatic nitrogens is 2. The Hall–Kier alpha value is -0.760. The first kappa shape index (κ1) is 14.3. The van der Waals surface area contributed by atoms with Gasteiger partial charge in [0.2, 0.25) is 0 Å². The van der Waals surface area contributed by atoms with Crippen molar-refractivity contribution >= 4 is 21.4 Å². The smallest absolute Gasteiger partial charge is 0.252 e. The topological polar surface area (TPSA) is 52.0 Å². The number of nitrogens with zero attached hydrogens (tertiary/aromatic N) is 2. The lowest BCUT2D eigenvalue weighted by Crippen LogP contribution is -2.14. The van der Waals surface area contributed by atoms with E-state index < -0.39 is 21.7 Å². The third-order valence-corrected chi connectivity index (χ3v) is 3.46. The van der Waals surface area contributed by atoms with Crippen molar-refractivity contribution in [3.63, 3.8) is 0 Å². The second-order valence-electron chi connectivity index (χ2n) is 3.62. The molecular formula is C8H10ClF3N2O2S. The number of sulfone groups is 1. The van der Waals surface area contributed by atoms with Crippen molar-refractivity contribution in [2.45, 2.75) is 19.6 Å². The average molecular weight is 291 g/mol. The van der Waals surface area contributed by atoms with Crippen molar-refractivity contribution in [2.24, 2.45) is 0 Å². The number of halogens is 4. The molecule has 4 nitrogen and oxygen atoms in total. The largest absolute Gasteiger partial charge is 0.435 e. The second-order valence-corrected chi connectivity index (χ2v) is 6.23. The van der Waals surface area contributed by atoms with E-state index in [-0.39, 0.29) is 23.0 Å². The van der Waals surface area contributed by atoms with Crippen LogP contribution in [-0.4, -0.2) is 30.2 Å². The van der Waals surface area contributed by atoms with Crippen LogP contribution in [0, 0.1) is 6.92 Å². The quantitative estimate of drug-likeness (QED) is 0.854. The van der Waals surface area contributed by atoms with Crippen LogP contribution < -0.4 is 0 Å². The van der Waals surface area contributed by atoms with Gasteiger partial charge in [0.25, 0.3) is 0 Å². The van der Waals surface area contributed by atoms with Crippen LogP contribution in [0.5, 0.6) is 0 Å². The van der Waals surface area contributed by atoms with E-state index in [2.05, 4.69) is 5.10 Å². The summed E-state index contributed by atoms with van der Waals surface area (Å²) in [5, 5.41) is 3.09. The Balaban J connectivity index is 3.04. The van der Waals surface area contributed by atoms with Gasteiger partial charge < -0.3 is 0 Å². The summed E-state index contributed by atoms with van der Waals surface area (Å²) in [7, 11) is -3.28. The Labute approximate surface area is 101 Å². The fourth-order valence-electron chi connectivity index (χ4n) is 1.20. The van der Waals surface area contributed by atoms with Gasteiger partial charge >= 0.3 is 6.18 Å². The van der Waals surface area contributed by atoms with E-state index in [1.807, 2.05) is 0 Å². The molecule has 0 saturated carbocycles. The third-order valence-electron chi connectivity index (χ3n) is 2.05. The van der Waals surface area contributed by atoms with Crippen LogP contribution in [0.1, 0.15) is 11.3 Å². The molecule has 17 heavy (non-hydrogen) atoms. The van der Waals surface area contributed by atoms with Crippen molar-refractivity contribution in [3.05, 3.63) is 16.4 Å². The van der Waals surface area contributed by atoms with Crippen LogP contribution in [0.4, 0.5) is 13.2 Å². The first-order valence-corrected chi connectivity index (χ1v) is 6.94. The van der Waals surface area contributed by atoms with Gasteiger partial charge in [-0.05, 0) is 6.92 Å². The Bertz CT molecular complexity index is 522. The van der Waals surface area contributed by atoms with Gasteiger partial charge in [-0.1, -0.05) is 11.6 Å². The Morgan fingerprint density at radius 3 is 2.29 bits per heavy atom. The van der Waals surface area contributed by atoms with Crippen LogP contribution in [0.2, 0.25) is 5.15 Å². The van der Waals surface area contributed by atoms with Crippen molar-refractivity contribution in [2.75, 3.05) is 12.0 Å². The summed E-state index contributed by atoms with van der Waals surface area (Å²) in [6.45, 7) is 0.990. The number of hydrogen-bond donors (Lipinski definition) is 0. The van der Waals surface area contributed by atoms with E-state index in [0.717, 1.165) is 10.9 Å². The lowest BCUT2D eigenvalue weighted by Gasteiger charge is -2.02. The van der Waals surface area contributed by atoms with E-state index in [1.54, 1.807) is 0 Å². The van der Waals surface area contributed by atoms with Gasteiger partial charge in [-0.25, -0.2) is 8.42 Å². The molecular weight excluding hydrogens is 281 g/mol. The molecule has 0 bridgehead atoms. The molecule has 9 heteroatoms. The van der Waals surface area contributed by atoms with Gasteiger partial charge in [0, 0.05) is 11.8 Å². The van der Waals surface area contributed by atoms with Crippen LogP contribution in [-0.2, 0) is 22.6 Å². The molecule has 0 radical (unpaired) electrons. The highest BCUT2D eigenvalue weighted by atomic mass is 35.5. The summed E-state index contributed by atoms with van der Waals surface area (Å²) in [6.07, 6.45) is -3.61. The lowest BCUT2D eigenvalue weighted by atomic mass is 10.3. The predicted molar refractivity (Wildman–Crippen MR) is 56.7 cm³/mol. The van der Waals surface area contributed by atoms with Crippen LogP contribution in [0.15, 0.2) is 0 Å². The average Bonchev–Trinajstić information content (AvgIpc) is 2.39. The van der Waals surface area contributed by atoms with Crippen LogP contribution in [0.25, 0.3) is 0 Å². The van der Waals surface area contributed by atoms with Gasteiger partial charge in [-0.3, -0.25) is 4.68 Å². The lowest BCUT2D eigenvalue weighted by molar-refractivity contribution is -0.141.